The van der Waals surface area contributed by atoms with Gasteiger partial charge in [0.15, 0.2) is 0 Å². The third-order valence-electron chi connectivity index (χ3n) is 2.61. The van der Waals surface area contributed by atoms with Gasteiger partial charge < -0.3 is 15.5 Å². The van der Waals surface area contributed by atoms with Crippen molar-refractivity contribution in [3.63, 3.8) is 0 Å². The average molecular weight is 295 g/mol. The van der Waals surface area contributed by atoms with Gasteiger partial charge in [-0.3, -0.25) is 4.79 Å². The number of nitrogens with one attached hydrogen (secondary N) is 1. The smallest absolute Gasteiger partial charge is 0.348 e. The van der Waals surface area contributed by atoms with Crippen molar-refractivity contribution in [1.29, 1.82) is 0 Å². The van der Waals surface area contributed by atoms with E-state index in [0.717, 1.165) is 23.5 Å². The van der Waals surface area contributed by atoms with Crippen LogP contribution < -0.4 is 5.32 Å². The molecule has 1 aromatic carbocycles. The molecule has 0 aliphatic heterocycles. The average Bonchev–Trinajstić information content (AvgIpc) is 2.71. The number of halogens is 1. The second-order valence-corrected chi connectivity index (χ2v) is 4.93. The molecule has 0 fully saturated rings. The molecule has 1 aromatic heterocycles. The van der Waals surface area contributed by atoms with Gasteiger partial charge >= 0.3 is 5.97 Å². The standard InChI is InChI=1S/C13H10FNO4S/c1-6-5-20-11(13(18)19)10(6)15-12(17)8-3-2-7(16)4-9(8)14/h2-5,16H,1H3,(H,15,17)(H,18,19). The van der Waals surface area contributed by atoms with E-state index in [1.807, 2.05) is 0 Å². The molecule has 0 unspecified atom stereocenters. The van der Waals surface area contributed by atoms with E-state index in [1.165, 1.54) is 6.07 Å². The van der Waals surface area contributed by atoms with Gasteiger partial charge in [-0.1, -0.05) is 0 Å². The Morgan fingerprint density at radius 1 is 1.35 bits per heavy atom. The van der Waals surface area contributed by atoms with Crippen LogP contribution >= 0.6 is 11.3 Å². The van der Waals surface area contributed by atoms with Crippen molar-refractivity contribution in [3.05, 3.63) is 45.4 Å². The number of aromatic carboxylic acids is 1. The lowest BCUT2D eigenvalue weighted by Crippen LogP contribution is -2.15. The highest BCUT2D eigenvalue weighted by Crippen LogP contribution is 2.28. The molecule has 2 rings (SSSR count). The Kier molecular flexibility index (Phi) is 3.71. The molecule has 20 heavy (non-hydrogen) atoms. The van der Waals surface area contributed by atoms with E-state index < -0.39 is 17.7 Å². The molecule has 1 heterocycles. The molecule has 0 aliphatic carbocycles. The van der Waals surface area contributed by atoms with Crippen LogP contribution in [0.2, 0.25) is 0 Å². The summed E-state index contributed by atoms with van der Waals surface area (Å²) in [7, 11) is 0. The predicted octanol–water partition coefficient (Wildman–Crippen LogP) is 2.85. The minimum atomic E-state index is -1.16. The molecule has 1 amide bonds. The number of hydrogen-bond donors (Lipinski definition) is 3. The van der Waals surface area contributed by atoms with Crippen molar-refractivity contribution in [2.75, 3.05) is 5.32 Å². The van der Waals surface area contributed by atoms with Crippen molar-refractivity contribution in [2.24, 2.45) is 0 Å². The number of thiophene rings is 1. The van der Waals surface area contributed by atoms with Crippen LogP contribution in [-0.2, 0) is 0 Å². The van der Waals surface area contributed by atoms with E-state index in [2.05, 4.69) is 5.32 Å². The second kappa shape index (κ2) is 5.30. The van der Waals surface area contributed by atoms with Gasteiger partial charge in [0.1, 0.15) is 16.4 Å². The molecule has 5 nitrogen and oxygen atoms in total. The fraction of sp³-hybridized carbons (Fsp3) is 0.0769. The van der Waals surface area contributed by atoms with Crippen LogP contribution in [0.1, 0.15) is 25.6 Å². The van der Waals surface area contributed by atoms with Crippen LogP contribution in [0, 0.1) is 12.7 Å². The summed E-state index contributed by atoms with van der Waals surface area (Å²) in [5, 5.41) is 22.1. The van der Waals surface area contributed by atoms with E-state index >= 15 is 0 Å². The number of rotatable bonds is 3. The number of carboxylic acid groups (broad SMARTS) is 1. The van der Waals surface area contributed by atoms with E-state index in [-0.39, 0.29) is 21.9 Å². The zero-order chi connectivity index (χ0) is 14.9. The van der Waals surface area contributed by atoms with Crippen LogP contribution in [0.3, 0.4) is 0 Å². The first-order chi connectivity index (χ1) is 9.40. The summed E-state index contributed by atoms with van der Waals surface area (Å²) in [6, 6.07) is 3.12. The van der Waals surface area contributed by atoms with Gasteiger partial charge in [0, 0.05) is 6.07 Å². The van der Waals surface area contributed by atoms with E-state index in [0.29, 0.717) is 5.56 Å². The lowest BCUT2D eigenvalue weighted by Gasteiger charge is -2.07. The molecule has 104 valence electrons. The zero-order valence-corrected chi connectivity index (χ0v) is 11.1. The molecule has 0 atom stereocenters. The van der Waals surface area contributed by atoms with Gasteiger partial charge in [-0.25, -0.2) is 9.18 Å². The van der Waals surface area contributed by atoms with E-state index in [4.69, 9.17) is 10.2 Å². The highest BCUT2D eigenvalue weighted by molar-refractivity contribution is 7.12. The molecule has 7 heteroatoms. The predicted molar refractivity (Wildman–Crippen MR) is 72.0 cm³/mol. The van der Waals surface area contributed by atoms with Crippen LogP contribution in [0.15, 0.2) is 23.6 Å². The van der Waals surface area contributed by atoms with Crippen molar-refractivity contribution in [2.45, 2.75) is 6.92 Å². The maximum atomic E-state index is 13.6. The van der Waals surface area contributed by atoms with Gasteiger partial charge in [0.25, 0.3) is 5.91 Å². The van der Waals surface area contributed by atoms with Crippen molar-refractivity contribution in [3.8, 4) is 5.75 Å². The van der Waals surface area contributed by atoms with Gasteiger partial charge in [0.05, 0.1) is 11.3 Å². The van der Waals surface area contributed by atoms with Gasteiger partial charge in [-0.2, -0.15) is 0 Å². The number of amides is 1. The van der Waals surface area contributed by atoms with Crippen LogP contribution in [0.4, 0.5) is 10.1 Å². The first-order valence-corrected chi connectivity index (χ1v) is 6.39. The lowest BCUT2D eigenvalue weighted by atomic mass is 10.1. The van der Waals surface area contributed by atoms with Crippen molar-refractivity contribution >= 4 is 28.9 Å². The number of benzene rings is 1. The van der Waals surface area contributed by atoms with Gasteiger partial charge in [-0.05, 0) is 30.0 Å². The zero-order valence-electron chi connectivity index (χ0n) is 10.3. The maximum absolute atomic E-state index is 13.6. The minimum Gasteiger partial charge on any atom is -0.508 e. The second-order valence-electron chi connectivity index (χ2n) is 4.05. The summed E-state index contributed by atoms with van der Waals surface area (Å²) in [5.41, 5.74) is 0.463. The van der Waals surface area contributed by atoms with E-state index in [1.54, 1.807) is 12.3 Å². The summed E-state index contributed by atoms with van der Waals surface area (Å²) in [6.07, 6.45) is 0. The Labute approximate surface area is 117 Å². The molecule has 2 aromatic rings. The monoisotopic (exact) mass is 295 g/mol. The number of phenols is 1. The number of carbonyl (C=O) groups excluding carboxylic acids is 1. The van der Waals surface area contributed by atoms with E-state index in [9.17, 15) is 14.0 Å². The first kappa shape index (κ1) is 14.0. The number of aryl methyl sites for hydroxylation is 1. The molecule has 0 saturated carbocycles. The number of hydrogen-bond acceptors (Lipinski definition) is 4. The normalized spacial score (nSPS) is 10.3. The summed E-state index contributed by atoms with van der Waals surface area (Å²) in [6.45, 7) is 1.64. The number of anilines is 1. The molecule has 0 aliphatic rings. The Balaban J connectivity index is 2.33. The Hall–Kier alpha value is -2.41. The number of carboxylic acids is 1. The quantitative estimate of drug-likeness (QED) is 0.812. The van der Waals surface area contributed by atoms with Crippen molar-refractivity contribution in [1.82, 2.24) is 0 Å². The summed E-state index contributed by atoms with van der Waals surface area (Å²) in [4.78, 5) is 22.9. The molecule has 0 radical (unpaired) electrons. The largest absolute Gasteiger partial charge is 0.508 e. The Morgan fingerprint density at radius 3 is 2.65 bits per heavy atom. The number of carbonyl (C=O) groups is 2. The van der Waals surface area contributed by atoms with Crippen LogP contribution in [0.25, 0.3) is 0 Å². The molecule has 0 bridgehead atoms. The Bertz CT molecular complexity index is 696. The topological polar surface area (TPSA) is 86.6 Å². The lowest BCUT2D eigenvalue weighted by molar-refractivity contribution is 0.0703. The minimum absolute atomic E-state index is 0.0185. The summed E-state index contributed by atoms with van der Waals surface area (Å²) < 4.78 is 13.6. The summed E-state index contributed by atoms with van der Waals surface area (Å²) >= 11 is 0.980. The van der Waals surface area contributed by atoms with Gasteiger partial charge in [-0.15, -0.1) is 11.3 Å². The van der Waals surface area contributed by atoms with Crippen LogP contribution in [0.5, 0.6) is 5.75 Å². The third kappa shape index (κ3) is 2.62. The van der Waals surface area contributed by atoms with Crippen LogP contribution in [-0.4, -0.2) is 22.1 Å². The molecule has 0 spiro atoms. The van der Waals surface area contributed by atoms with Crippen molar-refractivity contribution < 1.29 is 24.2 Å². The molecular weight excluding hydrogens is 285 g/mol. The SMILES string of the molecule is Cc1csc(C(=O)O)c1NC(=O)c1ccc(O)cc1F. The first-order valence-electron chi connectivity index (χ1n) is 5.51. The highest BCUT2D eigenvalue weighted by atomic mass is 32.1. The molecule has 3 N–H and O–H groups in total. The number of aromatic hydroxyl groups is 1. The molecule has 0 saturated heterocycles. The highest BCUT2D eigenvalue weighted by Gasteiger charge is 2.19. The third-order valence-corrected chi connectivity index (χ3v) is 3.69. The fourth-order valence-electron chi connectivity index (χ4n) is 1.63. The molecular formula is C13H10FNO4S. The fourth-order valence-corrected chi connectivity index (χ4v) is 2.47. The maximum Gasteiger partial charge on any atom is 0.348 e. The number of phenolic OH excluding ortho intramolecular Hbond substituents is 1. The summed E-state index contributed by atoms with van der Waals surface area (Å²) in [5.74, 6) is -3.11. The Morgan fingerprint density at radius 2 is 2.05 bits per heavy atom. The van der Waals surface area contributed by atoms with Gasteiger partial charge in [0.2, 0.25) is 0 Å².